The van der Waals surface area contributed by atoms with Crippen molar-refractivity contribution in [1.82, 2.24) is 10.2 Å². The fourth-order valence-electron chi connectivity index (χ4n) is 2.80. The Morgan fingerprint density at radius 1 is 1.42 bits per heavy atom. The molecule has 0 saturated carbocycles. The van der Waals surface area contributed by atoms with Crippen molar-refractivity contribution < 1.29 is 9.53 Å². The van der Waals surface area contributed by atoms with Crippen LogP contribution < -0.4 is 15.4 Å². The van der Waals surface area contributed by atoms with E-state index in [1.165, 1.54) is 0 Å². The molecule has 1 aliphatic heterocycles. The predicted octanol–water partition coefficient (Wildman–Crippen LogP) is 3.06. The molecule has 5 nitrogen and oxygen atoms in total. The highest BCUT2D eigenvalue weighted by atomic mass is 35.5. The summed E-state index contributed by atoms with van der Waals surface area (Å²) >= 11 is 5.99. The number of hydrogen-bond donors (Lipinski definition) is 2. The molecule has 24 heavy (non-hydrogen) atoms. The van der Waals surface area contributed by atoms with Gasteiger partial charge in [0.15, 0.2) is 0 Å². The van der Waals surface area contributed by atoms with Crippen LogP contribution in [0.1, 0.15) is 12.8 Å². The van der Waals surface area contributed by atoms with E-state index < -0.39 is 0 Å². The number of anilines is 1. The molecule has 2 rings (SSSR count). The SMILES string of the molecule is CNCC1CCN(C(=O)CCNc2cc(Cl)ccc2OC)C1.Cl.Cl. The van der Waals surface area contributed by atoms with Crippen LogP contribution in [-0.2, 0) is 4.79 Å². The van der Waals surface area contributed by atoms with Crippen molar-refractivity contribution in [3.63, 3.8) is 0 Å². The second-order valence-corrected chi connectivity index (χ2v) is 6.01. The smallest absolute Gasteiger partial charge is 0.224 e. The average Bonchev–Trinajstić information content (AvgIpc) is 2.96. The van der Waals surface area contributed by atoms with Gasteiger partial charge >= 0.3 is 0 Å². The van der Waals surface area contributed by atoms with Gasteiger partial charge in [0.1, 0.15) is 5.75 Å². The number of nitrogens with one attached hydrogen (secondary N) is 2. The largest absolute Gasteiger partial charge is 0.495 e. The Morgan fingerprint density at radius 3 is 2.83 bits per heavy atom. The summed E-state index contributed by atoms with van der Waals surface area (Å²) in [6.07, 6.45) is 1.56. The van der Waals surface area contributed by atoms with Gasteiger partial charge in [-0.1, -0.05) is 11.6 Å². The van der Waals surface area contributed by atoms with Crippen molar-refractivity contribution in [1.29, 1.82) is 0 Å². The van der Waals surface area contributed by atoms with E-state index in [0.29, 0.717) is 23.9 Å². The Bertz CT molecular complexity index is 517. The van der Waals surface area contributed by atoms with Crippen LogP contribution in [0.4, 0.5) is 5.69 Å². The first-order chi connectivity index (χ1) is 10.6. The molecule has 138 valence electrons. The lowest BCUT2D eigenvalue weighted by Crippen LogP contribution is -2.31. The zero-order valence-electron chi connectivity index (χ0n) is 14.0. The van der Waals surface area contributed by atoms with Crippen molar-refractivity contribution in [3.8, 4) is 5.75 Å². The van der Waals surface area contributed by atoms with Crippen LogP contribution in [0.15, 0.2) is 18.2 Å². The number of benzene rings is 1. The Kier molecular flexibility index (Phi) is 11.2. The maximum Gasteiger partial charge on any atom is 0.224 e. The average molecular weight is 399 g/mol. The molecule has 1 fully saturated rings. The van der Waals surface area contributed by atoms with Crippen LogP contribution in [0.2, 0.25) is 5.02 Å². The summed E-state index contributed by atoms with van der Waals surface area (Å²) in [5.41, 5.74) is 0.817. The van der Waals surface area contributed by atoms with Crippen LogP contribution in [0.5, 0.6) is 5.75 Å². The number of carbonyl (C=O) groups excluding carboxylic acids is 1. The van der Waals surface area contributed by atoms with E-state index >= 15 is 0 Å². The molecule has 1 unspecified atom stereocenters. The van der Waals surface area contributed by atoms with Crippen LogP contribution in [0, 0.1) is 5.92 Å². The molecule has 1 aromatic rings. The van der Waals surface area contributed by atoms with Crippen LogP contribution in [0.25, 0.3) is 0 Å². The molecule has 0 spiro atoms. The standard InChI is InChI=1S/C16H24ClN3O2.2ClH/c1-18-10-12-6-8-20(11-12)16(21)5-7-19-14-9-13(17)3-4-15(14)22-2;;/h3-4,9,12,18-19H,5-8,10-11H2,1-2H3;2*1H. The third-order valence-corrected chi connectivity index (χ3v) is 4.18. The van der Waals surface area contributed by atoms with E-state index in [1.807, 2.05) is 24.1 Å². The lowest BCUT2D eigenvalue weighted by Gasteiger charge is -2.17. The zero-order chi connectivity index (χ0) is 15.9. The molecule has 1 amide bonds. The topological polar surface area (TPSA) is 53.6 Å². The number of hydrogen-bond acceptors (Lipinski definition) is 4. The summed E-state index contributed by atoms with van der Waals surface area (Å²) in [7, 11) is 3.57. The molecule has 1 aliphatic rings. The molecule has 0 aromatic heterocycles. The van der Waals surface area contributed by atoms with Crippen molar-refractivity contribution in [3.05, 3.63) is 23.2 Å². The first-order valence-electron chi connectivity index (χ1n) is 7.63. The van der Waals surface area contributed by atoms with E-state index in [1.54, 1.807) is 13.2 Å². The second kappa shape index (κ2) is 11.6. The molecule has 0 radical (unpaired) electrons. The lowest BCUT2D eigenvalue weighted by atomic mass is 10.1. The summed E-state index contributed by atoms with van der Waals surface area (Å²) in [4.78, 5) is 14.2. The maximum absolute atomic E-state index is 12.2. The normalized spacial score (nSPS) is 16.1. The fourth-order valence-corrected chi connectivity index (χ4v) is 2.97. The summed E-state index contributed by atoms with van der Waals surface area (Å²) in [5.74, 6) is 1.51. The highest BCUT2D eigenvalue weighted by molar-refractivity contribution is 6.30. The van der Waals surface area contributed by atoms with Crippen LogP contribution in [0.3, 0.4) is 0 Å². The van der Waals surface area contributed by atoms with E-state index in [2.05, 4.69) is 10.6 Å². The molecule has 1 saturated heterocycles. The molecule has 0 aliphatic carbocycles. The number of nitrogens with zero attached hydrogens (tertiary/aromatic N) is 1. The number of rotatable bonds is 7. The molecular formula is C16H26Cl3N3O2. The summed E-state index contributed by atoms with van der Waals surface area (Å²) < 4.78 is 5.28. The second-order valence-electron chi connectivity index (χ2n) is 5.57. The number of carbonyl (C=O) groups is 1. The Morgan fingerprint density at radius 2 is 2.17 bits per heavy atom. The number of amides is 1. The van der Waals surface area contributed by atoms with Gasteiger partial charge < -0.3 is 20.3 Å². The Hall–Kier alpha value is -0.880. The minimum Gasteiger partial charge on any atom is -0.495 e. The fraction of sp³-hybridized carbons (Fsp3) is 0.562. The number of halogens is 3. The van der Waals surface area contributed by atoms with Crippen molar-refractivity contribution in [2.75, 3.05) is 45.7 Å². The number of methoxy groups -OCH3 is 1. The summed E-state index contributed by atoms with van der Waals surface area (Å²) in [6.45, 7) is 3.27. The number of ether oxygens (including phenoxy) is 1. The minimum atomic E-state index is 0. The monoisotopic (exact) mass is 397 g/mol. The van der Waals surface area contributed by atoms with E-state index in [0.717, 1.165) is 37.5 Å². The highest BCUT2D eigenvalue weighted by Crippen LogP contribution is 2.27. The van der Waals surface area contributed by atoms with Gasteiger partial charge in [0.05, 0.1) is 12.8 Å². The molecule has 1 atom stereocenters. The van der Waals surface area contributed by atoms with Gasteiger partial charge in [-0.3, -0.25) is 4.79 Å². The molecule has 1 heterocycles. The molecule has 8 heteroatoms. The molecule has 0 bridgehead atoms. The third-order valence-electron chi connectivity index (χ3n) is 3.95. The van der Waals surface area contributed by atoms with Gasteiger partial charge in [-0.25, -0.2) is 0 Å². The maximum atomic E-state index is 12.2. The lowest BCUT2D eigenvalue weighted by molar-refractivity contribution is -0.129. The molecular weight excluding hydrogens is 373 g/mol. The third kappa shape index (κ3) is 6.55. The minimum absolute atomic E-state index is 0. The van der Waals surface area contributed by atoms with E-state index in [4.69, 9.17) is 16.3 Å². The molecule has 2 N–H and O–H groups in total. The number of likely N-dealkylation sites (tertiary alicyclic amines) is 1. The Labute approximate surface area is 161 Å². The Balaban J connectivity index is 0.00000264. The highest BCUT2D eigenvalue weighted by Gasteiger charge is 2.25. The first-order valence-corrected chi connectivity index (χ1v) is 8.01. The zero-order valence-corrected chi connectivity index (χ0v) is 16.4. The summed E-state index contributed by atoms with van der Waals surface area (Å²) in [6, 6.07) is 5.40. The van der Waals surface area contributed by atoms with Gasteiger partial charge in [-0.05, 0) is 44.1 Å². The van der Waals surface area contributed by atoms with Gasteiger partial charge in [0.2, 0.25) is 5.91 Å². The first kappa shape index (κ1) is 23.1. The van der Waals surface area contributed by atoms with Gasteiger partial charge in [-0.15, -0.1) is 24.8 Å². The van der Waals surface area contributed by atoms with Gasteiger partial charge in [-0.2, -0.15) is 0 Å². The predicted molar refractivity (Wildman–Crippen MR) is 104 cm³/mol. The van der Waals surface area contributed by atoms with Gasteiger partial charge in [0.25, 0.3) is 0 Å². The van der Waals surface area contributed by atoms with Crippen LogP contribution >= 0.6 is 36.4 Å². The van der Waals surface area contributed by atoms with Crippen molar-refractivity contribution >= 4 is 48.0 Å². The van der Waals surface area contributed by atoms with E-state index in [-0.39, 0.29) is 30.7 Å². The summed E-state index contributed by atoms with van der Waals surface area (Å²) in [5, 5.41) is 7.04. The van der Waals surface area contributed by atoms with Crippen LogP contribution in [-0.4, -0.2) is 51.1 Å². The van der Waals surface area contributed by atoms with Gasteiger partial charge in [0, 0.05) is 31.1 Å². The van der Waals surface area contributed by atoms with E-state index in [9.17, 15) is 4.79 Å². The quantitative estimate of drug-likeness (QED) is 0.741. The van der Waals surface area contributed by atoms with Crippen molar-refractivity contribution in [2.24, 2.45) is 5.92 Å². The molecule has 1 aromatic carbocycles. The van der Waals surface area contributed by atoms with Crippen molar-refractivity contribution in [2.45, 2.75) is 12.8 Å².